The van der Waals surface area contributed by atoms with Crippen LogP contribution in [-0.4, -0.2) is 19.9 Å². The Kier molecular flexibility index (Phi) is 8.13. The molecule has 10 rings (SSSR count). The molecule has 8 aromatic carbocycles. The highest BCUT2D eigenvalue weighted by Gasteiger charge is 2.17. The molecule has 0 radical (unpaired) electrons. The largest absolute Gasteiger partial charge is 0.256 e. The van der Waals surface area contributed by atoms with Crippen molar-refractivity contribution >= 4 is 32.4 Å². The smallest absolute Gasteiger partial charge is 0.164 e. The van der Waals surface area contributed by atoms with E-state index in [2.05, 4.69) is 97.1 Å². The number of pyridine rings is 1. The SMILES string of the molecule is N#Cc1ccc(-c2cccc(-c3cc4c5cccnc5c(-c5cccc(-c6nc(-c7ccccc7)nc(-c7ccccc7)n6)c5)cc4c4ccccc34)c2)cc1. The zero-order chi connectivity index (χ0) is 37.4. The summed E-state index contributed by atoms with van der Waals surface area (Å²) in [6.07, 6.45) is 1.87. The molecule has 56 heavy (non-hydrogen) atoms. The van der Waals surface area contributed by atoms with Crippen LogP contribution in [0.4, 0.5) is 0 Å². The van der Waals surface area contributed by atoms with Crippen LogP contribution in [0, 0.1) is 11.3 Å². The molecule has 0 saturated heterocycles. The maximum absolute atomic E-state index is 9.32. The summed E-state index contributed by atoms with van der Waals surface area (Å²) in [5.41, 5.74) is 10.9. The number of nitriles is 1. The first kappa shape index (κ1) is 32.8. The second-order valence-corrected chi connectivity index (χ2v) is 13.8. The van der Waals surface area contributed by atoms with Crippen LogP contribution in [0.15, 0.2) is 188 Å². The van der Waals surface area contributed by atoms with E-state index in [4.69, 9.17) is 19.9 Å². The first-order valence-corrected chi connectivity index (χ1v) is 18.5. The predicted molar refractivity (Wildman–Crippen MR) is 227 cm³/mol. The zero-order valence-electron chi connectivity index (χ0n) is 30.1. The molecule has 0 aliphatic heterocycles. The summed E-state index contributed by atoms with van der Waals surface area (Å²) in [7, 11) is 0. The Balaban J connectivity index is 1.14. The van der Waals surface area contributed by atoms with Crippen LogP contribution in [0.1, 0.15) is 5.56 Å². The fourth-order valence-electron chi connectivity index (χ4n) is 7.65. The van der Waals surface area contributed by atoms with Gasteiger partial charge in [-0.25, -0.2) is 15.0 Å². The quantitative estimate of drug-likeness (QED) is 0.160. The molecular formula is C51H31N5. The average Bonchev–Trinajstić information content (AvgIpc) is 3.29. The van der Waals surface area contributed by atoms with Gasteiger partial charge in [0.25, 0.3) is 0 Å². The lowest BCUT2D eigenvalue weighted by Crippen LogP contribution is -2.00. The summed E-state index contributed by atoms with van der Waals surface area (Å²) in [5, 5.41) is 15.1. The van der Waals surface area contributed by atoms with Gasteiger partial charge in [-0.15, -0.1) is 0 Å². The average molecular weight is 714 g/mol. The van der Waals surface area contributed by atoms with Crippen LogP contribution < -0.4 is 0 Å². The van der Waals surface area contributed by atoms with E-state index in [1.807, 2.05) is 97.2 Å². The van der Waals surface area contributed by atoms with Gasteiger partial charge in [-0.3, -0.25) is 4.98 Å². The molecule has 0 fully saturated rings. The van der Waals surface area contributed by atoms with Crippen molar-refractivity contribution in [2.75, 3.05) is 0 Å². The van der Waals surface area contributed by atoms with Gasteiger partial charge in [-0.2, -0.15) is 5.26 Å². The van der Waals surface area contributed by atoms with Gasteiger partial charge in [0.05, 0.1) is 17.1 Å². The first-order chi connectivity index (χ1) is 27.7. The van der Waals surface area contributed by atoms with E-state index in [-0.39, 0.29) is 0 Å². The zero-order valence-corrected chi connectivity index (χ0v) is 30.1. The van der Waals surface area contributed by atoms with Gasteiger partial charge in [0.15, 0.2) is 17.5 Å². The molecule has 0 atom stereocenters. The van der Waals surface area contributed by atoms with E-state index in [9.17, 15) is 5.26 Å². The Morgan fingerprint density at radius 2 is 0.839 bits per heavy atom. The maximum atomic E-state index is 9.32. The molecule has 0 aliphatic carbocycles. The molecule has 0 unspecified atom stereocenters. The summed E-state index contributed by atoms with van der Waals surface area (Å²) in [6, 6.07) is 64.6. The summed E-state index contributed by atoms with van der Waals surface area (Å²) >= 11 is 0. The van der Waals surface area contributed by atoms with Gasteiger partial charge in [-0.05, 0) is 91.8 Å². The minimum atomic E-state index is 0.607. The third kappa shape index (κ3) is 5.92. The lowest BCUT2D eigenvalue weighted by Gasteiger charge is -2.16. The lowest BCUT2D eigenvalue weighted by atomic mass is 9.88. The van der Waals surface area contributed by atoms with Gasteiger partial charge in [0.2, 0.25) is 0 Å². The van der Waals surface area contributed by atoms with Gasteiger partial charge in [0, 0.05) is 33.8 Å². The standard InChI is InChI=1S/C51H31N5/c52-32-33-23-25-34(26-24-33)37-16-9-17-38(28-37)44-30-47-43-22-11-27-53-48(43)45(31-46(47)42-21-8-7-20-41(42)44)39-18-10-19-40(29-39)51-55-49(35-12-3-1-4-13-35)54-50(56-51)36-14-5-2-6-15-36/h1-31H. The third-order valence-electron chi connectivity index (χ3n) is 10.4. The molecule has 2 heterocycles. The van der Waals surface area contributed by atoms with Crippen LogP contribution in [-0.2, 0) is 0 Å². The number of aromatic nitrogens is 4. The van der Waals surface area contributed by atoms with Crippen molar-refractivity contribution in [3.8, 4) is 73.6 Å². The molecule has 0 bridgehead atoms. The molecule has 5 heteroatoms. The van der Waals surface area contributed by atoms with E-state index in [1.165, 1.54) is 10.8 Å². The number of fused-ring (bicyclic) bond motifs is 5. The van der Waals surface area contributed by atoms with Crippen molar-refractivity contribution in [3.05, 3.63) is 194 Å². The Bertz CT molecular complexity index is 3070. The van der Waals surface area contributed by atoms with Crippen LogP contribution in [0.5, 0.6) is 0 Å². The highest BCUT2D eigenvalue weighted by molar-refractivity contribution is 6.23. The second-order valence-electron chi connectivity index (χ2n) is 13.8. The van der Waals surface area contributed by atoms with E-state index in [0.29, 0.717) is 23.0 Å². The number of hydrogen-bond donors (Lipinski definition) is 0. The summed E-state index contributed by atoms with van der Waals surface area (Å²) < 4.78 is 0. The molecule has 5 nitrogen and oxygen atoms in total. The van der Waals surface area contributed by atoms with Crippen LogP contribution >= 0.6 is 0 Å². The monoisotopic (exact) mass is 713 g/mol. The fraction of sp³-hybridized carbons (Fsp3) is 0. The molecule has 2 aromatic heterocycles. The topological polar surface area (TPSA) is 75.3 Å². The molecule has 0 saturated carbocycles. The number of hydrogen-bond acceptors (Lipinski definition) is 5. The van der Waals surface area contributed by atoms with Gasteiger partial charge in [0.1, 0.15) is 0 Å². The molecular weight excluding hydrogens is 683 g/mol. The fourth-order valence-corrected chi connectivity index (χ4v) is 7.65. The van der Waals surface area contributed by atoms with Gasteiger partial charge >= 0.3 is 0 Å². The van der Waals surface area contributed by atoms with Crippen LogP contribution in [0.25, 0.3) is 100.0 Å². The minimum absolute atomic E-state index is 0.607. The highest BCUT2D eigenvalue weighted by Crippen LogP contribution is 2.42. The highest BCUT2D eigenvalue weighted by atomic mass is 15.0. The molecule has 0 N–H and O–H groups in total. The summed E-state index contributed by atoms with van der Waals surface area (Å²) in [4.78, 5) is 19.9. The molecule has 0 aliphatic rings. The van der Waals surface area contributed by atoms with Crippen molar-refractivity contribution in [1.82, 2.24) is 19.9 Å². The number of nitrogens with zero attached hydrogens (tertiary/aromatic N) is 5. The second kappa shape index (κ2) is 13.9. The van der Waals surface area contributed by atoms with Crippen molar-refractivity contribution in [2.24, 2.45) is 0 Å². The normalized spacial score (nSPS) is 11.2. The first-order valence-electron chi connectivity index (χ1n) is 18.5. The van der Waals surface area contributed by atoms with Crippen molar-refractivity contribution in [3.63, 3.8) is 0 Å². The maximum Gasteiger partial charge on any atom is 0.164 e. The van der Waals surface area contributed by atoms with Crippen molar-refractivity contribution in [1.29, 1.82) is 5.26 Å². The molecule has 0 spiro atoms. The van der Waals surface area contributed by atoms with E-state index < -0.39 is 0 Å². The van der Waals surface area contributed by atoms with Crippen molar-refractivity contribution in [2.45, 2.75) is 0 Å². The predicted octanol–water partition coefficient (Wildman–Crippen LogP) is 12.6. The Labute approximate surface area is 323 Å². The summed E-state index contributed by atoms with van der Waals surface area (Å²) in [6.45, 7) is 0. The Morgan fingerprint density at radius 1 is 0.339 bits per heavy atom. The van der Waals surface area contributed by atoms with Crippen LogP contribution in [0.3, 0.4) is 0 Å². The number of rotatable bonds is 6. The van der Waals surface area contributed by atoms with Gasteiger partial charge in [-0.1, -0.05) is 140 Å². The molecule has 10 aromatic rings. The Hall–Kier alpha value is -7.81. The van der Waals surface area contributed by atoms with E-state index in [1.54, 1.807) is 0 Å². The van der Waals surface area contributed by atoms with Crippen molar-refractivity contribution < 1.29 is 0 Å². The van der Waals surface area contributed by atoms with Gasteiger partial charge < -0.3 is 0 Å². The van der Waals surface area contributed by atoms with Crippen LogP contribution in [0.2, 0.25) is 0 Å². The number of benzene rings is 8. The molecule has 0 amide bonds. The summed E-state index contributed by atoms with van der Waals surface area (Å²) in [5.74, 6) is 1.86. The minimum Gasteiger partial charge on any atom is -0.256 e. The third-order valence-corrected chi connectivity index (χ3v) is 10.4. The van der Waals surface area contributed by atoms with E-state index >= 15 is 0 Å². The lowest BCUT2D eigenvalue weighted by molar-refractivity contribution is 1.07. The van der Waals surface area contributed by atoms with E-state index in [0.717, 1.165) is 71.7 Å². The molecule has 260 valence electrons. The Morgan fingerprint density at radius 3 is 1.52 bits per heavy atom.